The summed E-state index contributed by atoms with van der Waals surface area (Å²) in [5.74, 6) is 0. The summed E-state index contributed by atoms with van der Waals surface area (Å²) in [7, 11) is 0. The van der Waals surface area contributed by atoms with Gasteiger partial charge < -0.3 is 38.8 Å². The molecule has 0 aliphatic rings. The molecular formula is C2H8N2O5V2. The van der Waals surface area contributed by atoms with Crippen LogP contribution in [0.15, 0.2) is 0 Å². The van der Waals surface area contributed by atoms with Crippen LogP contribution in [-0.4, -0.2) is 13.1 Å². The van der Waals surface area contributed by atoms with Crippen LogP contribution >= 0.6 is 0 Å². The molecule has 0 rings (SSSR count). The quantitative estimate of drug-likeness (QED) is 0.553. The minimum atomic E-state index is 0. The van der Waals surface area contributed by atoms with Crippen LogP contribution in [0.3, 0.4) is 0 Å². The largest absolute Gasteiger partial charge is 5.00 e. The van der Waals surface area contributed by atoms with E-state index in [2.05, 4.69) is 0 Å². The molecule has 0 radical (unpaired) electrons. The molecule has 0 heterocycles. The van der Waals surface area contributed by atoms with E-state index < -0.39 is 0 Å². The van der Waals surface area contributed by atoms with Crippen LogP contribution < -0.4 is 11.5 Å². The van der Waals surface area contributed by atoms with Crippen molar-refractivity contribution >= 4 is 0 Å². The maximum absolute atomic E-state index is 4.90. The first-order valence-corrected chi connectivity index (χ1v) is 1.32. The van der Waals surface area contributed by atoms with Crippen LogP contribution in [0.25, 0.3) is 0 Å². The van der Waals surface area contributed by atoms with Crippen molar-refractivity contribution in [2.24, 2.45) is 11.5 Å². The van der Waals surface area contributed by atoms with Crippen molar-refractivity contribution in [3.05, 3.63) is 0 Å². The summed E-state index contributed by atoms with van der Waals surface area (Å²) >= 11 is 0. The second-order valence-electron chi connectivity index (χ2n) is 0.577. The average molecular weight is 242 g/mol. The second-order valence-corrected chi connectivity index (χ2v) is 0.577. The smallest absolute Gasteiger partial charge is 2.00 e. The van der Waals surface area contributed by atoms with Gasteiger partial charge >= 0.3 is 37.1 Å². The molecule has 0 aromatic heterocycles. The van der Waals surface area contributed by atoms with Crippen LogP contribution in [0.4, 0.5) is 0 Å². The molecule has 0 aliphatic heterocycles. The van der Waals surface area contributed by atoms with E-state index in [4.69, 9.17) is 11.5 Å². The van der Waals surface area contributed by atoms with E-state index in [0.29, 0.717) is 13.1 Å². The number of hydrogen-bond acceptors (Lipinski definition) is 2. The standard InChI is InChI=1S/C2H8N2.5O.2V/c3-1-2-4;;;;;;;/h1-4H2;;;;;;;/q;5*-2;2*+5. The Morgan fingerprint density at radius 2 is 0.636 bits per heavy atom. The zero-order valence-corrected chi connectivity index (χ0v) is 8.30. The molecule has 11 heavy (non-hydrogen) atoms. The minimum Gasteiger partial charge on any atom is -2.00 e. The fourth-order valence-corrected chi connectivity index (χ4v) is 0. The zero-order chi connectivity index (χ0) is 3.41. The van der Waals surface area contributed by atoms with Crippen LogP contribution in [0.5, 0.6) is 0 Å². The van der Waals surface area contributed by atoms with E-state index in [1.54, 1.807) is 0 Å². The summed E-state index contributed by atoms with van der Waals surface area (Å²) in [6.45, 7) is 1.19. The molecule has 0 spiro atoms. The minimum absolute atomic E-state index is 0. The van der Waals surface area contributed by atoms with Gasteiger partial charge in [0.15, 0.2) is 0 Å². The van der Waals surface area contributed by atoms with Crippen molar-refractivity contribution in [2.45, 2.75) is 0 Å². The van der Waals surface area contributed by atoms with Crippen molar-refractivity contribution in [2.75, 3.05) is 13.1 Å². The van der Waals surface area contributed by atoms with Crippen LogP contribution in [0, 0.1) is 0 Å². The Morgan fingerprint density at radius 1 is 0.545 bits per heavy atom. The molecule has 0 atom stereocenters. The summed E-state index contributed by atoms with van der Waals surface area (Å²) in [6, 6.07) is 0. The van der Waals surface area contributed by atoms with Crippen LogP contribution in [0.1, 0.15) is 0 Å². The van der Waals surface area contributed by atoms with Crippen molar-refractivity contribution in [1.82, 2.24) is 0 Å². The average Bonchev–Trinajstić information content (AvgIpc) is 1.37. The SMILES string of the molecule is NCCN.[O-2].[O-2].[O-2].[O-2].[O-2].[V+5].[V+5]. The third-order valence-corrected chi connectivity index (χ3v) is 0.167. The summed E-state index contributed by atoms with van der Waals surface area (Å²) < 4.78 is 0. The predicted octanol–water partition coefficient (Wildman–Crippen LogP) is -1.70. The Kier molecular flexibility index (Phi) is 1080. The Balaban J connectivity index is -0.00000000214. The molecule has 66 valence electrons. The topological polar surface area (TPSA) is 195 Å². The molecule has 7 nitrogen and oxygen atoms in total. The van der Waals surface area contributed by atoms with E-state index >= 15 is 0 Å². The molecular weight excluding hydrogens is 234 g/mol. The maximum atomic E-state index is 4.90. The van der Waals surface area contributed by atoms with Gasteiger partial charge in [-0.25, -0.2) is 0 Å². The van der Waals surface area contributed by atoms with Crippen molar-refractivity contribution in [3.8, 4) is 0 Å². The van der Waals surface area contributed by atoms with Crippen LogP contribution in [0.2, 0.25) is 0 Å². The molecule has 0 bridgehead atoms. The second kappa shape index (κ2) is 128. The van der Waals surface area contributed by atoms with Crippen molar-refractivity contribution in [1.29, 1.82) is 0 Å². The van der Waals surface area contributed by atoms with Gasteiger partial charge in [-0.3, -0.25) is 0 Å². The Hall–Kier alpha value is 0.889. The van der Waals surface area contributed by atoms with E-state index in [1.807, 2.05) is 0 Å². The molecule has 9 heteroatoms. The first kappa shape index (κ1) is 93.2. The van der Waals surface area contributed by atoms with Gasteiger partial charge in [0, 0.05) is 13.1 Å². The molecule has 0 aliphatic carbocycles. The van der Waals surface area contributed by atoms with Gasteiger partial charge in [0.2, 0.25) is 0 Å². The predicted molar refractivity (Wildman–Crippen MR) is 21.5 cm³/mol. The maximum Gasteiger partial charge on any atom is 5.00 e. The zero-order valence-electron chi connectivity index (χ0n) is 5.50. The van der Waals surface area contributed by atoms with Gasteiger partial charge in [-0.2, -0.15) is 0 Å². The third-order valence-electron chi connectivity index (χ3n) is 0.167. The van der Waals surface area contributed by atoms with Gasteiger partial charge in [0.25, 0.3) is 0 Å². The van der Waals surface area contributed by atoms with Crippen molar-refractivity contribution < 1.29 is 64.5 Å². The summed E-state index contributed by atoms with van der Waals surface area (Å²) in [4.78, 5) is 0. The Labute approximate surface area is 89.2 Å². The number of hydrogen-bond donors (Lipinski definition) is 2. The Morgan fingerprint density at radius 3 is 0.636 bits per heavy atom. The molecule has 0 aromatic rings. The molecule has 0 saturated heterocycles. The fraction of sp³-hybridized carbons (Fsp3) is 1.00. The van der Waals surface area contributed by atoms with Crippen molar-refractivity contribution in [3.63, 3.8) is 0 Å². The first-order chi connectivity index (χ1) is 1.91. The van der Waals surface area contributed by atoms with Gasteiger partial charge in [-0.05, 0) is 0 Å². The molecule has 0 aromatic carbocycles. The molecule has 0 saturated carbocycles. The molecule has 0 amide bonds. The number of rotatable bonds is 1. The molecule has 0 fully saturated rings. The third kappa shape index (κ3) is 241. The fourth-order valence-electron chi connectivity index (χ4n) is 0. The van der Waals surface area contributed by atoms with E-state index in [-0.39, 0.29) is 64.5 Å². The normalized spacial score (nSPS) is 2.73. The monoisotopic (exact) mass is 242 g/mol. The summed E-state index contributed by atoms with van der Waals surface area (Å²) in [6.07, 6.45) is 0. The molecule has 4 N–H and O–H groups in total. The van der Waals surface area contributed by atoms with Gasteiger partial charge in [0.05, 0.1) is 0 Å². The summed E-state index contributed by atoms with van der Waals surface area (Å²) in [5.41, 5.74) is 9.81. The first-order valence-electron chi connectivity index (χ1n) is 1.32. The summed E-state index contributed by atoms with van der Waals surface area (Å²) in [5, 5.41) is 0. The molecule has 0 unspecified atom stereocenters. The Bertz CT molecular complexity index is 22.4. The van der Waals surface area contributed by atoms with E-state index in [9.17, 15) is 0 Å². The van der Waals surface area contributed by atoms with E-state index in [1.165, 1.54) is 0 Å². The van der Waals surface area contributed by atoms with Gasteiger partial charge in [0.1, 0.15) is 0 Å². The van der Waals surface area contributed by atoms with Gasteiger partial charge in [-0.1, -0.05) is 0 Å². The van der Waals surface area contributed by atoms with Crippen LogP contribution in [-0.2, 0) is 64.5 Å². The van der Waals surface area contributed by atoms with E-state index in [0.717, 1.165) is 0 Å². The number of nitrogens with two attached hydrogens (primary N) is 2. The van der Waals surface area contributed by atoms with Gasteiger partial charge in [-0.15, -0.1) is 0 Å².